The topological polar surface area (TPSA) is 49.3 Å². The van der Waals surface area contributed by atoms with Crippen molar-refractivity contribution < 1.29 is 9.90 Å². The van der Waals surface area contributed by atoms with Crippen LogP contribution < -0.4 is 5.32 Å². The predicted octanol–water partition coefficient (Wildman–Crippen LogP) is 0.602. The van der Waals surface area contributed by atoms with Crippen molar-refractivity contribution in [2.24, 2.45) is 5.92 Å². The minimum absolute atomic E-state index is 0.225. The van der Waals surface area contributed by atoms with Crippen molar-refractivity contribution in [2.75, 3.05) is 0 Å². The Hall–Kier alpha value is -0.570. The monoisotopic (exact) mass is 155 g/mol. The van der Waals surface area contributed by atoms with E-state index >= 15 is 0 Å². The fourth-order valence-electron chi connectivity index (χ4n) is 2.12. The van der Waals surface area contributed by atoms with Crippen molar-refractivity contribution in [1.82, 2.24) is 5.32 Å². The summed E-state index contributed by atoms with van der Waals surface area (Å²) in [5.74, 6) is -0.00664. The van der Waals surface area contributed by atoms with Crippen molar-refractivity contribution in [3.8, 4) is 0 Å². The quantitative estimate of drug-likeness (QED) is 0.583. The summed E-state index contributed by atoms with van der Waals surface area (Å²) in [6.45, 7) is 2.18. The van der Waals surface area contributed by atoms with Crippen molar-refractivity contribution in [3.05, 3.63) is 0 Å². The second-order valence-corrected chi connectivity index (χ2v) is 3.84. The van der Waals surface area contributed by atoms with E-state index in [1.165, 1.54) is 0 Å². The summed E-state index contributed by atoms with van der Waals surface area (Å²) in [7, 11) is 0. The van der Waals surface area contributed by atoms with Crippen LogP contribution in [0.5, 0.6) is 0 Å². The third kappa shape index (κ3) is 0.948. The van der Waals surface area contributed by atoms with E-state index in [1.54, 1.807) is 0 Å². The summed E-state index contributed by atoms with van der Waals surface area (Å²) in [5.41, 5.74) is 0.225. The standard InChI is InChI=1S/C8H13NO2/c1-5-4-8(5)3-2-6(9-8)7(10)11/h5-6,9H,2-4H2,1H3,(H,10,11)/t5?,6-,8+/m0/s1. The molecule has 11 heavy (non-hydrogen) atoms. The van der Waals surface area contributed by atoms with Gasteiger partial charge in [-0.15, -0.1) is 0 Å². The van der Waals surface area contributed by atoms with E-state index < -0.39 is 5.97 Å². The molecule has 62 valence electrons. The lowest BCUT2D eigenvalue weighted by Crippen LogP contribution is -2.37. The molecule has 2 rings (SSSR count). The molecule has 1 aliphatic heterocycles. The van der Waals surface area contributed by atoms with E-state index in [4.69, 9.17) is 5.11 Å². The number of hydrogen-bond donors (Lipinski definition) is 2. The highest BCUT2D eigenvalue weighted by Crippen LogP contribution is 2.50. The number of nitrogens with one attached hydrogen (secondary N) is 1. The van der Waals surface area contributed by atoms with Gasteiger partial charge in [0.15, 0.2) is 0 Å². The summed E-state index contributed by atoms with van der Waals surface area (Å²) in [5, 5.41) is 11.9. The van der Waals surface area contributed by atoms with Crippen LogP contribution in [0.4, 0.5) is 0 Å². The molecule has 0 radical (unpaired) electrons. The molecule has 0 aromatic heterocycles. The number of carboxylic acid groups (broad SMARTS) is 1. The second-order valence-electron chi connectivity index (χ2n) is 3.84. The van der Waals surface area contributed by atoms with Crippen LogP contribution in [-0.2, 0) is 4.79 Å². The van der Waals surface area contributed by atoms with E-state index in [9.17, 15) is 4.79 Å². The first-order chi connectivity index (χ1) is 5.14. The van der Waals surface area contributed by atoms with Crippen LogP contribution in [0.2, 0.25) is 0 Å². The lowest BCUT2D eigenvalue weighted by atomic mass is 10.1. The maximum absolute atomic E-state index is 10.6. The molecule has 0 bridgehead atoms. The van der Waals surface area contributed by atoms with Crippen LogP contribution >= 0.6 is 0 Å². The SMILES string of the molecule is CC1C[C@]12CC[C@@H](C(=O)O)N2. The van der Waals surface area contributed by atoms with Crippen LogP contribution in [0, 0.1) is 5.92 Å². The molecule has 3 nitrogen and oxygen atoms in total. The zero-order chi connectivity index (χ0) is 8.06. The molecule has 0 aromatic rings. The minimum Gasteiger partial charge on any atom is -0.480 e. The molecule has 1 saturated carbocycles. The van der Waals surface area contributed by atoms with Gasteiger partial charge in [-0.1, -0.05) is 6.92 Å². The summed E-state index contributed by atoms with van der Waals surface area (Å²) < 4.78 is 0. The molecule has 0 amide bonds. The van der Waals surface area contributed by atoms with Gasteiger partial charge in [-0.2, -0.15) is 0 Å². The van der Waals surface area contributed by atoms with Crippen LogP contribution in [-0.4, -0.2) is 22.7 Å². The van der Waals surface area contributed by atoms with Gasteiger partial charge < -0.3 is 5.11 Å². The zero-order valence-corrected chi connectivity index (χ0v) is 6.63. The lowest BCUT2D eigenvalue weighted by Gasteiger charge is -2.09. The van der Waals surface area contributed by atoms with E-state index in [0.29, 0.717) is 5.92 Å². The molecule has 1 saturated heterocycles. The molecule has 3 atom stereocenters. The Morgan fingerprint density at radius 1 is 1.73 bits per heavy atom. The van der Waals surface area contributed by atoms with Gasteiger partial charge in [-0.25, -0.2) is 0 Å². The van der Waals surface area contributed by atoms with Crippen LogP contribution in [0.1, 0.15) is 26.2 Å². The van der Waals surface area contributed by atoms with Gasteiger partial charge >= 0.3 is 5.97 Å². The maximum atomic E-state index is 10.6. The van der Waals surface area contributed by atoms with Crippen molar-refractivity contribution in [2.45, 2.75) is 37.8 Å². The highest BCUT2D eigenvalue weighted by atomic mass is 16.4. The average molecular weight is 155 g/mol. The first-order valence-electron chi connectivity index (χ1n) is 4.14. The fraction of sp³-hybridized carbons (Fsp3) is 0.875. The third-order valence-electron chi connectivity index (χ3n) is 3.09. The molecule has 3 heteroatoms. The van der Waals surface area contributed by atoms with E-state index in [2.05, 4.69) is 12.2 Å². The lowest BCUT2D eigenvalue weighted by molar-refractivity contribution is -0.139. The molecule has 1 aliphatic carbocycles. The molecule has 1 spiro atoms. The minimum atomic E-state index is -0.694. The molecule has 1 heterocycles. The normalized spacial score (nSPS) is 48.1. The van der Waals surface area contributed by atoms with Crippen molar-refractivity contribution in [3.63, 3.8) is 0 Å². The molecule has 2 fully saturated rings. The predicted molar refractivity (Wildman–Crippen MR) is 40.3 cm³/mol. The number of carbonyl (C=O) groups is 1. The average Bonchev–Trinajstić information content (AvgIpc) is 2.44. The van der Waals surface area contributed by atoms with Gasteiger partial charge in [0.1, 0.15) is 6.04 Å². The molecule has 2 N–H and O–H groups in total. The Morgan fingerprint density at radius 2 is 2.36 bits per heavy atom. The van der Waals surface area contributed by atoms with E-state index in [0.717, 1.165) is 19.3 Å². The van der Waals surface area contributed by atoms with Gasteiger partial charge in [0, 0.05) is 5.54 Å². The van der Waals surface area contributed by atoms with Crippen LogP contribution in [0.3, 0.4) is 0 Å². The highest BCUT2D eigenvalue weighted by Gasteiger charge is 2.55. The second kappa shape index (κ2) is 1.97. The third-order valence-corrected chi connectivity index (χ3v) is 3.09. The van der Waals surface area contributed by atoms with Gasteiger partial charge in [-0.05, 0) is 25.2 Å². The maximum Gasteiger partial charge on any atom is 0.320 e. The van der Waals surface area contributed by atoms with E-state index in [1.807, 2.05) is 0 Å². The Bertz CT molecular complexity index is 204. The van der Waals surface area contributed by atoms with Crippen LogP contribution in [0.25, 0.3) is 0 Å². The number of hydrogen-bond acceptors (Lipinski definition) is 2. The molecular formula is C8H13NO2. The Morgan fingerprint density at radius 3 is 2.64 bits per heavy atom. The first kappa shape index (κ1) is 7.10. The van der Waals surface area contributed by atoms with Gasteiger partial charge in [0.05, 0.1) is 0 Å². The molecule has 2 aliphatic rings. The largest absolute Gasteiger partial charge is 0.480 e. The highest BCUT2D eigenvalue weighted by molar-refractivity contribution is 5.74. The molecule has 1 unspecified atom stereocenters. The zero-order valence-electron chi connectivity index (χ0n) is 6.63. The number of aliphatic carboxylic acids is 1. The van der Waals surface area contributed by atoms with Crippen molar-refractivity contribution >= 4 is 5.97 Å². The van der Waals surface area contributed by atoms with Crippen LogP contribution in [0.15, 0.2) is 0 Å². The summed E-state index contributed by atoms with van der Waals surface area (Å²) >= 11 is 0. The fourth-order valence-corrected chi connectivity index (χ4v) is 2.12. The van der Waals surface area contributed by atoms with Gasteiger partial charge in [0.2, 0.25) is 0 Å². The summed E-state index contributed by atoms with van der Waals surface area (Å²) in [6.07, 6.45) is 3.02. The Balaban J connectivity index is 2.00. The van der Waals surface area contributed by atoms with Gasteiger partial charge in [0.25, 0.3) is 0 Å². The number of rotatable bonds is 1. The Kier molecular flexibility index (Phi) is 1.27. The summed E-state index contributed by atoms with van der Waals surface area (Å²) in [6, 6.07) is -0.278. The first-order valence-corrected chi connectivity index (χ1v) is 4.14. The molecule has 0 aromatic carbocycles. The summed E-state index contributed by atoms with van der Waals surface area (Å²) in [4.78, 5) is 10.6. The number of carboxylic acids is 1. The van der Waals surface area contributed by atoms with E-state index in [-0.39, 0.29) is 11.6 Å². The molecular weight excluding hydrogens is 142 g/mol. The Labute approximate surface area is 65.8 Å². The van der Waals surface area contributed by atoms with Gasteiger partial charge in [-0.3, -0.25) is 10.1 Å². The smallest absolute Gasteiger partial charge is 0.320 e. The van der Waals surface area contributed by atoms with Crippen molar-refractivity contribution in [1.29, 1.82) is 0 Å².